The average molecular weight is 238 g/mol. The summed E-state index contributed by atoms with van der Waals surface area (Å²) in [7, 11) is 1.70. The Hall–Kier alpha value is -1.91. The van der Waals surface area contributed by atoms with E-state index in [1.807, 2.05) is 6.92 Å². The van der Waals surface area contributed by atoms with Crippen LogP contribution >= 0.6 is 0 Å². The molecular formula is C12H18N2O3. The van der Waals surface area contributed by atoms with Crippen molar-refractivity contribution >= 4 is 17.3 Å². The van der Waals surface area contributed by atoms with Gasteiger partial charge in [-0.25, -0.2) is 0 Å². The van der Waals surface area contributed by atoms with Gasteiger partial charge in [0, 0.05) is 30.6 Å². The van der Waals surface area contributed by atoms with E-state index in [1.54, 1.807) is 30.1 Å². The van der Waals surface area contributed by atoms with Gasteiger partial charge in [-0.1, -0.05) is 6.92 Å². The fourth-order valence-corrected chi connectivity index (χ4v) is 1.42. The van der Waals surface area contributed by atoms with Crippen LogP contribution in [0.15, 0.2) is 18.2 Å². The molecule has 0 radical (unpaired) electrons. The molecule has 0 fully saturated rings. The molecule has 0 atom stereocenters. The molecular weight excluding hydrogens is 220 g/mol. The molecule has 94 valence electrons. The lowest BCUT2D eigenvalue weighted by Crippen LogP contribution is -2.25. The Morgan fingerprint density at radius 3 is 2.76 bits per heavy atom. The van der Waals surface area contributed by atoms with E-state index < -0.39 is 5.97 Å². The number of nitrogen functional groups attached to an aromatic ring is 1. The van der Waals surface area contributed by atoms with Crippen LogP contribution in [0.25, 0.3) is 0 Å². The van der Waals surface area contributed by atoms with E-state index in [0.29, 0.717) is 18.0 Å². The first kappa shape index (κ1) is 13.2. The summed E-state index contributed by atoms with van der Waals surface area (Å²) in [5.41, 5.74) is 7.04. The smallest absolute Gasteiger partial charge is 0.323 e. The van der Waals surface area contributed by atoms with Gasteiger partial charge in [-0.3, -0.25) is 4.79 Å². The van der Waals surface area contributed by atoms with Crippen molar-refractivity contribution in [3.8, 4) is 5.75 Å². The van der Waals surface area contributed by atoms with Crippen molar-refractivity contribution in [2.24, 2.45) is 0 Å². The van der Waals surface area contributed by atoms with Crippen molar-refractivity contribution in [1.29, 1.82) is 0 Å². The molecule has 0 bridgehead atoms. The van der Waals surface area contributed by atoms with Crippen molar-refractivity contribution in [2.75, 3.05) is 30.8 Å². The van der Waals surface area contributed by atoms with Crippen molar-refractivity contribution in [1.82, 2.24) is 0 Å². The van der Waals surface area contributed by atoms with Gasteiger partial charge >= 0.3 is 5.97 Å². The zero-order valence-corrected chi connectivity index (χ0v) is 10.1. The first-order chi connectivity index (χ1) is 8.02. The summed E-state index contributed by atoms with van der Waals surface area (Å²) < 4.78 is 5.48. The lowest BCUT2D eigenvalue weighted by atomic mass is 10.2. The van der Waals surface area contributed by atoms with Gasteiger partial charge < -0.3 is 20.5 Å². The highest BCUT2D eigenvalue weighted by atomic mass is 16.5. The molecule has 0 spiro atoms. The SMILES string of the molecule is CCCOc1cc(N)cc(N(C)CC(=O)O)c1. The van der Waals surface area contributed by atoms with Gasteiger partial charge in [-0.05, 0) is 12.5 Å². The number of hydrogen-bond donors (Lipinski definition) is 2. The number of likely N-dealkylation sites (N-methyl/N-ethyl adjacent to an activating group) is 1. The van der Waals surface area contributed by atoms with Crippen LogP contribution in [0.1, 0.15) is 13.3 Å². The monoisotopic (exact) mass is 238 g/mol. The molecule has 0 aliphatic carbocycles. The van der Waals surface area contributed by atoms with Crippen LogP contribution in [-0.2, 0) is 4.79 Å². The number of carboxylic acids is 1. The molecule has 1 aromatic carbocycles. The summed E-state index contributed by atoms with van der Waals surface area (Å²) in [6, 6.07) is 5.24. The molecule has 5 nitrogen and oxygen atoms in total. The van der Waals surface area contributed by atoms with Crippen molar-refractivity contribution < 1.29 is 14.6 Å². The molecule has 1 rings (SSSR count). The number of carboxylic acid groups (broad SMARTS) is 1. The maximum atomic E-state index is 10.6. The maximum Gasteiger partial charge on any atom is 0.323 e. The number of nitrogens with two attached hydrogens (primary N) is 1. The van der Waals surface area contributed by atoms with E-state index in [1.165, 1.54) is 0 Å². The van der Waals surface area contributed by atoms with Crippen LogP contribution < -0.4 is 15.4 Å². The Balaban J connectivity index is 2.84. The maximum absolute atomic E-state index is 10.6. The van der Waals surface area contributed by atoms with Crippen molar-refractivity contribution in [3.05, 3.63) is 18.2 Å². The minimum Gasteiger partial charge on any atom is -0.493 e. The highest BCUT2D eigenvalue weighted by molar-refractivity contribution is 5.74. The Morgan fingerprint density at radius 1 is 1.47 bits per heavy atom. The van der Waals surface area contributed by atoms with E-state index in [9.17, 15) is 4.79 Å². The number of rotatable bonds is 6. The second kappa shape index (κ2) is 5.98. The van der Waals surface area contributed by atoms with Gasteiger partial charge in [0.15, 0.2) is 0 Å². The second-order valence-corrected chi connectivity index (χ2v) is 3.86. The van der Waals surface area contributed by atoms with Crippen LogP contribution in [0.4, 0.5) is 11.4 Å². The molecule has 0 saturated heterocycles. The number of carbonyl (C=O) groups is 1. The molecule has 0 saturated carbocycles. The molecule has 0 aromatic heterocycles. The Kier molecular flexibility index (Phi) is 4.63. The lowest BCUT2D eigenvalue weighted by molar-refractivity contribution is -0.135. The van der Waals surface area contributed by atoms with E-state index in [-0.39, 0.29) is 6.54 Å². The fourth-order valence-electron chi connectivity index (χ4n) is 1.42. The summed E-state index contributed by atoms with van der Waals surface area (Å²) in [6.45, 7) is 2.56. The molecule has 0 aliphatic rings. The van der Waals surface area contributed by atoms with Gasteiger partial charge in [0.1, 0.15) is 12.3 Å². The average Bonchev–Trinajstić information content (AvgIpc) is 2.24. The van der Waals surface area contributed by atoms with E-state index >= 15 is 0 Å². The molecule has 5 heteroatoms. The van der Waals surface area contributed by atoms with Crippen molar-refractivity contribution in [3.63, 3.8) is 0 Å². The summed E-state index contributed by atoms with van der Waals surface area (Å²) in [6.07, 6.45) is 0.912. The number of anilines is 2. The lowest BCUT2D eigenvalue weighted by Gasteiger charge is -2.18. The molecule has 0 unspecified atom stereocenters. The molecule has 0 heterocycles. The van der Waals surface area contributed by atoms with Crippen LogP contribution in [0.5, 0.6) is 5.75 Å². The van der Waals surface area contributed by atoms with Crippen molar-refractivity contribution in [2.45, 2.75) is 13.3 Å². The predicted octanol–water partition coefficient (Wildman–Crippen LogP) is 1.58. The summed E-state index contributed by atoms with van der Waals surface area (Å²) >= 11 is 0. The van der Waals surface area contributed by atoms with Crippen LogP contribution in [-0.4, -0.2) is 31.3 Å². The molecule has 1 aromatic rings. The number of hydrogen-bond acceptors (Lipinski definition) is 4. The van der Waals surface area contributed by atoms with E-state index in [0.717, 1.165) is 12.1 Å². The Bertz CT molecular complexity index is 393. The normalized spacial score (nSPS) is 10.0. The van der Waals surface area contributed by atoms with Gasteiger partial charge in [0.2, 0.25) is 0 Å². The number of ether oxygens (including phenoxy) is 1. The van der Waals surface area contributed by atoms with Gasteiger partial charge in [0.25, 0.3) is 0 Å². The third-order valence-corrected chi connectivity index (χ3v) is 2.20. The molecule has 3 N–H and O–H groups in total. The molecule has 0 amide bonds. The highest BCUT2D eigenvalue weighted by Gasteiger charge is 2.08. The predicted molar refractivity (Wildman–Crippen MR) is 67.5 cm³/mol. The zero-order valence-electron chi connectivity index (χ0n) is 10.1. The summed E-state index contributed by atoms with van der Waals surface area (Å²) in [5, 5.41) is 8.72. The third kappa shape index (κ3) is 4.22. The fraction of sp³-hybridized carbons (Fsp3) is 0.417. The molecule has 17 heavy (non-hydrogen) atoms. The topological polar surface area (TPSA) is 75.8 Å². The van der Waals surface area contributed by atoms with Crippen LogP contribution in [0, 0.1) is 0 Å². The standard InChI is InChI=1S/C12H18N2O3/c1-3-4-17-11-6-9(13)5-10(7-11)14(2)8-12(15)16/h5-7H,3-4,8,13H2,1-2H3,(H,15,16). The quantitative estimate of drug-likeness (QED) is 0.736. The van der Waals surface area contributed by atoms with Gasteiger partial charge in [-0.2, -0.15) is 0 Å². The minimum atomic E-state index is -0.883. The first-order valence-corrected chi connectivity index (χ1v) is 5.49. The van der Waals surface area contributed by atoms with Crippen LogP contribution in [0.2, 0.25) is 0 Å². The van der Waals surface area contributed by atoms with Gasteiger partial charge in [0.05, 0.1) is 6.61 Å². The second-order valence-electron chi connectivity index (χ2n) is 3.86. The number of aliphatic carboxylic acids is 1. The Labute approximate surface area is 101 Å². The number of benzene rings is 1. The van der Waals surface area contributed by atoms with Gasteiger partial charge in [-0.15, -0.1) is 0 Å². The zero-order chi connectivity index (χ0) is 12.8. The third-order valence-electron chi connectivity index (χ3n) is 2.20. The largest absolute Gasteiger partial charge is 0.493 e. The van der Waals surface area contributed by atoms with Crippen LogP contribution in [0.3, 0.4) is 0 Å². The minimum absolute atomic E-state index is 0.0727. The highest BCUT2D eigenvalue weighted by Crippen LogP contribution is 2.24. The summed E-state index contributed by atoms with van der Waals surface area (Å²) in [5.74, 6) is -0.218. The first-order valence-electron chi connectivity index (χ1n) is 5.49. The summed E-state index contributed by atoms with van der Waals surface area (Å²) in [4.78, 5) is 12.2. The number of nitrogens with zero attached hydrogens (tertiary/aromatic N) is 1. The van der Waals surface area contributed by atoms with E-state index in [2.05, 4.69) is 0 Å². The molecule has 0 aliphatic heterocycles. The van der Waals surface area contributed by atoms with E-state index in [4.69, 9.17) is 15.6 Å². The Morgan fingerprint density at radius 2 is 2.18 bits per heavy atom.